The Bertz CT molecular complexity index is 3500. The molecule has 0 atom stereocenters. The summed E-state index contributed by atoms with van der Waals surface area (Å²) in [5, 5.41) is 8.49. The molecule has 1 aliphatic rings. The van der Waals surface area contributed by atoms with Gasteiger partial charge in [0, 0.05) is 23.3 Å². The molecule has 4 aromatic heterocycles. The highest BCUT2D eigenvalue weighted by molar-refractivity contribution is 7.85. The lowest BCUT2D eigenvalue weighted by Gasteiger charge is -2.30. The molecule has 0 radical (unpaired) electrons. The number of ether oxygens (including phenoxy) is 4. The molecular weight excluding hydrogens is 1110 g/mol. The Balaban J connectivity index is 0.000000249. The van der Waals surface area contributed by atoms with E-state index < -0.39 is 45.1 Å². The van der Waals surface area contributed by atoms with Gasteiger partial charge in [0.2, 0.25) is 0 Å². The van der Waals surface area contributed by atoms with Gasteiger partial charge in [-0.05, 0) is 100 Å². The van der Waals surface area contributed by atoms with E-state index in [0.717, 1.165) is 73.6 Å². The number of aromatic nitrogens is 6. The maximum atomic E-state index is 13.0. The number of nitrogens with one attached hydrogen (secondary N) is 2. The first-order valence-corrected chi connectivity index (χ1v) is 26.8. The first kappa shape index (κ1) is 60.9. The SMILES string of the molecule is C.C.COc1cc(OCc2sc(-c3ccc(C(F)(F)F)cc3)nc2CCCN2CCC2)ccc1-c1noc(=O)[nH]1.COc1cc(OCc2sc(-c3ccc(C(F)(F)F)cc3)nc2CCCOS(C)(=O)=O)ccc1-c1noc(=O)[nH]1. The lowest BCUT2D eigenvalue weighted by Crippen LogP contribution is -2.37. The molecule has 0 saturated carbocycles. The van der Waals surface area contributed by atoms with Crippen LogP contribution in [0.25, 0.3) is 43.9 Å². The van der Waals surface area contributed by atoms with E-state index in [9.17, 15) is 44.3 Å². The highest BCUT2D eigenvalue weighted by Crippen LogP contribution is 2.38. The molecule has 0 spiro atoms. The summed E-state index contributed by atoms with van der Waals surface area (Å²) in [4.78, 5) is 40.9. The number of alkyl halides is 6. The van der Waals surface area contributed by atoms with Crippen LogP contribution in [0, 0.1) is 0 Å². The minimum absolute atomic E-state index is 0. The maximum Gasteiger partial charge on any atom is 0.439 e. The van der Waals surface area contributed by atoms with Crippen molar-refractivity contribution in [3.63, 3.8) is 0 Å². The quantitative estimate of drug-likeness (QED) is 0.0387. The number of H-pyrrole nitrogens is 2. The van der Waals surface area contributed by atoms with Gasteiger partial charge in [-0.25, -0.2) is 19.6 Å². The molecule has 8 aromatic rings. The van der Waals surface area contributed by atoms with Crippen molar-refractivity contribution in [3.8, 4) is 66.9 Å². The average Bonchev–Trinajstić information content (AvgIpc) is 4.29. The van der Waals surface area contributed by atoms with Crippen LogP contribution in [0.5, 0.6) is 23.0 Å². The molecule has 0 bridgehead atoms. The molecule has 0 unspecified atom stereocenters. The van der Waals surface area contributed by atoms with Crippen LogP contribution in [0.1, 0.15) is 66.4 Å². The molecule has 1 fully saturated rings. The minimum atomic E-state index is -4.45. The third-order valence-electron chi connectivity index (χ3n) is 11.6. The monoisotopic (exact) mass is 1160 g/mol. The summed E-state index contributed by atoms with van der Waals surface area (Å²) in [7, 11) is -0.656. The van der Waals surface area contributed by atoms with Crippen LogP contribution in [-0.4, -0.2) is 90.3 Å². The zero-order valence-corrected chi connectivity index (χ0v) is 43.5. The fourth-order valence-electron chi connectivity index (χ4n) is 7.66. The molecule has 0 aliphatic carbocycles. The number of likely N-dealkylation sites (tertiary alicyclic amines) is 1. The van der Waals surface area contributed by atoms with Crippen LogP contribution < -0.4 is 30.5 Å². The number of nitrogens with zero attached hydrogens (tertiary/aromatic N) is 5. The summed E-state index contributed by atoms with van der Waals surface area (Å²) in [6, 6.07) is 19.7. The van der Waals surface area contributed by atoms with E-state index in [1.165, 1.54) is 67.6 Å². The van der Waals surface area contributed by atoms with Gasteiger partial charge >= 0.3 is 23.9 Å². The third kappa shape index (κ3) is 16.4. The standard InChI is InChI=1S/C26H25F3N4O4S.C24H22F3N3O7S2.2CH4/c1-35-21-14-18(9-10-19(21)23-31-25(34)37-32-23)36-15-22-20(4-2-11-33-12-3-13-33)30-24(38-22)16-5-7-17(8-6-16)26(27,28)29;1-34-19-12-16(9-10-17(19)21-29-23(31)37-30-21)35-13-20-18(4-3-11-36-39(2,32)33)28-22(38-20)14-5-7-15(8-6-14)24(25,26)27;;/h5-10,14H,2-4,11-13,15H2,1H3,(H,31,32,34);5-10,12H,3-4,11,13H2,1-2H3,(H,29,30,31);2*1H4. The molecule has 4 aromatic carbocycles. The summed E-state index contributed by atoms with van der Waals surface area (Å²) < 4.78 is 137. The Labute approximate surface area is 457 Å². The highest BCUT2D eigenvalue weighted by Gasteiger charge is 2.31. The van der Waals surface area contributed by atoms with E-state index >= 15 is 0 Å². The molecular formula is C52H55F6N7O11S3. The van der Waals surface area contributed by atoms with Gasteiger partial charge in [-0.1, -0.05) is 49.4 Å². The van der Waals surface area contributed by atoms with Crippen LogP contribution in [0.4, 0.5) is 26.3 Å². The van der Waals surface area contributed by atoms with Gasteiger partial charge < -0.3 is 23.8 Å². The summed E-state index contributed by atoms with van der Waals surface area (Å²) >= 11 is 2.66. The number of aryl methyl sites for hydroxylation is 2. The molecule has 424 valence electrons. The average molecular weight is 1160 g/mol. The van der Waals surface area contributed by atoms with Gasteiger partial charge in [0.25, 0.3) is 10.1 Å². The van der Waals surface area contributed by atoms with Crippen molar-refractivity contribution in [1.82, 2.24) is 35.1 Å². The number of methoxy groups -OCH3 is 2. The van der Waals surface area contributed by atoms with E-state index in [0.29, 0.717) is 78.7 Å². The topological polar surface area (TPSA) is 227 Å². The molecule has 18 nitrogen and oxygen atoms in total. The second-order valence-electron chi connectivity index (χ2n) is 17.0. The molecule has 1 aliphatic heterocycles. The van der Waals surface area contributed by atoms with Crippen LogP contribution in [0.3, 0.4) is 0 Å². The fourth-order valence-corrected chi connectivity index (χ4v) is 10.1. The van der Waals surface area contributed by atoms with Gasteiger partial charge in [-0.3, -0.25) is 23.2 Å². The van der Waals surface area contributed by atoms with Gasteiger partial charge in [0.1, 0.15) is 46.2 Å². The number of rotatable bonds is 21. The van der Waals surface area contributed by atoms with Crippen molar-refractivity contribution in [2.45, 2.75) is 72.5 Å². The zero-order valence-electron chi connectivity index (χ0n) is 41.1. The predicted molar refractivity (Wildman–Crippen MR) is 284 cm³/mol. The lowest BCUT2D eigenvalue weighted by atomic mass is 10.1. The second kappa shape index (κ2) is 26.5. The maximum absolute atomic E-state index is 13.0. The minimum Gasteiger partial charge on any atom is -0.496 e. The number of halogens is 6. The Morgan fingerprint density at radius 1 is 0.646 bits per heavy atom. The molecule has 79 heavy (non-hydrogen) atoms. The van der Waals surface area contributed by atoms with Crippen molar-refractivity contribution in [1.29, 1.82) is 0 Å². The zero-order chi connectivity index (χ0) is 54.9. The van der Waals surface area contributed by atoms with Crippen LogP contribution in [-0.2, 0) is 52.7 Å². The molecule has 5 heterocycles. The first-order chi connectivity index (χ1) is 36.7. The summed E-state index contributed by atoms with van der Waals surface area (Å²) in [6.07, 6.45) is -4.29. The van der Waals surface area contributed by atoms with Crippen LogP contribution in [0.2, 0.25) is 0 Å². The molecule has 9 rings (SSSR count). The number of aromatic amines is 2. The van der Waals surface area contributed by atoms with Crippen molar-refractivity contribution in [2.75, 3.05) is 46.7 Å². The Kier molecular flexibility index (Phi) is 20.5. The predicted octanol–water partition coefficient (Wildman–Crippen LogP) is 11.3. The number of hydrogen-bond donors (Lipinski definition) is 2. The van der Waals surface area contributed by atoms with Gasteiger partial charge in [-0.15, -0.1) is 22.7 Å². The second-order valence-corrected chi connectivity index (χ2v) is 20.9. The van der Waals surface area contributed by atoms with Crippen molar-refractivity contribution in [2.24, 2.45) is 0 Å². The van der Waals surface area contributed by atoms with Gasteiger partial charge in [0.15, 0.2) is 11.6 Å². The third-order valence-corrected chi connectivity index (χ3v) is 14.5. The summed E-state index contributed by atoms with van der Waals surface area (Å²) in [5.74, 6) is 0.817. The number of thiazole rings is 2. The van der Waals surface area contributed by atoms with Crippen molar-refractivity contribution < 1.29 is 66.9 Å². The van der Waals surface area contributed by atoms with Crippen molar-refractivity contribution in [3.05, 3.63) is 138 Å². The smallest absolute Gasteiger partial charge is 0.439 e. The summed E-state index contributed by atoms with van der Waals surface area (Å²) in [5.41, 5.74) is 2.18. The Morgan fingerprint density at radius 3 is 1.43 bits per heavy atom. The van der Waals surface area contributed by atoms with E-state index in [-0.39, 0.29) is 46.3 Å². The van der Waals surface area contributed by atoms with E-state index in [4.69, 9.17) is 28.1 Å². The normalized spacial score (nSPS) is 12.6. The number of hydrogen-bond acceptors (Lipinski definition) is 18. The van der Waals surface area contributed by atoms with Crippen molar-refractivity contribution >= 4 is 32.8 Å². The van der Waals surface area contributed by atoms with Crippen LogP contribution in [0.15, 0.2) is 104 Å². The number of benzene rings is 4. The first-order valence-electron chi connectivity index (χ1n) is 23.4. The van der Waals surface area contributed by atoms with Crippen LogP contribution >= 0.6 is 22.7 Å². The highest BCUT2D eigenvalue weighted by atomic mass is 32.2. The Hall–Kier alpha value is -7.33. The molecule has 2 N–H and O–H groups in total. The molecule has 27 heteroatoms. The largest absolute Gasteiger partial charge is 0.496 e. The van der Waals surface area contributed by atoms with E-state index in [1.807, 2.05) is 0 Å². The van der Waals surface area contributed by atoms with Gasteiger partial charge in [0.05, 0.1) is 70.5 Å². The van der Waals surface area contributed by atoms with Gasteiger partial charge in [-0.2, -0.15) is 34.8 Å². The molecule has 0 amide bonds. The lowest BCUT2D eigenvalue weighted by molar-refractivity contribution is -0.138. The molecule has 1 saturated heterocycles. The fraction of sp³-hybridized carbons (Fsp3) is 0.346. The summed E-state index contributed by atoms with van der Waals surface area (Å²) in [6.45, 7) is 3.48. The van der Waals surface area contributed by atoms with E-state index in [2.05, 4.69) is 39.2 Å². The Morgan fingerprint density at radius 2 is 1.08 bits per heavy atom. The van der Waals surface area contributed by atoms with E-state index in [1.54, 1.807) is 36.4 Å².